The summed E-state index contributed by atoms with van der Waals surface area (Å²) in [4.78, 5) is 0.399. The standard InChI is InChI=1S/C23H23NO3S2/c1-20-15-17-23(18-16-20)29(26,27)24-28(25,22-13-6-3-7-14-22)19-9-8-12-21-10-4-2-5-11-21/h2-7,9-11,13-19H,8,12H2,1H3/b19-9+/t28-/m0/s1. The highest BCUT2D eigenvalue weighted by Gasteiger charge is 2.18. The molecule has 3 rings (SSSR count). The predicted molar refractivity (Wildman–Crippen MR) is 118 cm³/mol. The van der Waals surface area contributed by atoms with Gasteiger partial charge in [-0.1, -0.05) is 76.1 Å². The van der Waals surface area contributed by atoms with Crippen LogP contribution in [0.5, 0.6) is 0 Å². The Bertz CT molecular complexity index is 1190. The van der Waals surface area contributed by atoms with Crippen molar-refractivity contribution in [2.24, 2.45) is 3.77 Å². The van der Waals surface area contributed by atoms with Crippen LogP contribution in [0.4, 0.5) is 0 Å². The minimum atomic E-state index is -4.07. The SMILES string of the molecule is Cc1ccc(S(=O)(=O)N=[S@](=O)(/C=C/CCc2ccccc2)c2ccccc2)cc1. The van der Waals surface area contributed by atoms with Crippen molar-refractivity contribution in [2.45, 2.75) is 29.6 Å². The average Bonchev–Trinajstić information content (AvgIpc) is 2.73. The number of hydrogen-bond donors (Lipinski definition) is 0. The van der Waals surface area contributed by atoms with Crippen LogP contribution in [0.1, 0.15) is 17.5 Å². The molecule has 0 amide bonds. The first kappa shape index (κ1) is 21.0. The van der Waals surface area contributed by atoms with Crippen molar-refractivity contribution < 1.29 is 12.6 Å². The van der Waals surface area contributed by atoms with Gasteiger partial charge in [-0.2, -0.15) is 8.42 Å². The number of aryl methyl sites for hydroxylation is 2. The number of sulfonamides is 1. The Kier molecular flexibility index (Phi) is 6.67. The molecule has 0 aliphatic carbocycles. The molecule has 0 N–H and O–H groups in total. The molecule has 0 aliphatic heterocycles. The van der Waals surface area contributed by atoms with Crippen molar-refractivity contribution in [3.63, 3.8) is 0 Å². The zero-order valence-corrected chi connectivity index (χ0v) is 17.8. The van der Waals surface area contributed by atoms with Gasteiger partial charge in [-0.3, -0.25) is 0 Å². The number of nitrogens with zero attached hydrogens (tertiary/aromatic N) is 1. The van der Waals surface area contributed by atoms with Gasteiger partial charge >= 0.3 is 0 Å². The zero-order chi connectivity index (χ0) is 20.7. The molecule has 4 nitrogen and oxygen atoms in total. The van der Waals surface area contributed by atoms with Crippen molar-refractivity contribution >= 4 is 19.8 Å². The highest BCUT2D eigenvalue weighted by molar-refractivity contribution is 8.05. The van der Waals surface area contributed by atoms with E-state index in [1.807, 2.05) is 37.3 Å². The van der Waals surface area contributed by atoms with Gasteiger partial charge in [0, 0.05) is 5.41 Å². The first-order chi connectivity index (χ1) is 13.9. The van der Waals surface area contributed by atoms with E-state index in [2.05, 4.69) is 3.77 Å². The van der Waals surface area contributed by atoms with Crippen LogP contribution in [-0.2, 0) is 26.2 Å². The van der Waals surface area contributed by atoms with Crippen LogP contribution >= 0.6 is 0 Å². The third-order valence-corrected chi connectivity index (χ3v) is 8.38. The summed E-state index contributed by atoms with van der Waals surface area (Å²) < 4.78 is 43.1. The molecule has 0 saturated heterocycles. The first-order valence-corrected chi connectivity index (χ1v) is 12.3. The molecule has 0 spiro atoms. The summed E-state index contributed by atoms with van der Waals surface area (Å²) in [6, 6.07) is 24.8. The molecule has 0 unspecified atom stereocenters. The highest BCUT2D eigenvalue weighted by atomic mass is 32.3. The third-order valence-electron chi connectivity index (χ3n) is 4.33. The van der Waals surface area contributed by atoms with E-state index in [1.54, 1.807) is 48.5 Å². The Morgan fingerprint density at radius 1 is 0.759 bits per heavy atom. The van der Waals surface area contributed by atoms with Crippen LogP contribution in [-0.4, -0.2) is 12.6 Å². The zero-order valence-electron chi connectivity index (χ0n) is 16.1. The van der Waals surface area contributed by atoms with Gasteiger partial charge in [0.1, 0.15) is 9.73 Å². The van der Waals surface area contributed by atoms with Gasteiger partial charge in [-0.25, -0.2) is 4.21 Å². The molecule has 3 aromatic carbocycles. The molecule has 29 heavy (non-hydrogen) atoms. The lowest BCUT2D eigenvalue weighted by atomic mass is 10.1. The molecule has 0 fully saturated rings. The fraction of sp³-hybridized carbons (Fsp3) is 0.130. The summed E-state index contributed by atoms with van der Waals surface area (Å²) >= 11 is 0. The lowest BCUT2D eigenvalue weighted by Crippen LogP contribution is -2.04. The molecule has 3 aromatic rings. The molecule has 1 atom stereocenters. The second-order valence-corrected chi connectivity index (χ2v) is 10.5. The lowest BCUT2D eigenvalue weighted by Gasteiger charge is -2.07. The molecule has 0 radical (unpaired) electrons. The Labute approximate surface area is 173 Å². The van der Waals surface area contributed by atoms with E-state index in [0.717, 1.165) is 17.5 Å². The topological polar surface area (TPSA) is 63.6 Å². The van der Waals surface area contributed by atoms with Crippen LogP contribution in [0.15, 0.2) is 110 Å². The van der Waals surface area contributed by atoms with Gasteiger partial charge in [-0.15, -0.1) is 0 Å². The summed E-state index contributed by atoms with van der Waals surface area (Å²) in [6.07, 6.45) is 3.15. The first-order valence-electron chi connectivity index (χ1n) is 9.25. The number of rotatable bonds is 7. The van der Waals surface area contributed by atoms with E-state index in [-0.39, 0.29) is 4.90 Å². The van der Waals surface area contributed by atoms with Crippen LogP contribution in [0.25, 0.3) is 0 Å². The number of hydrogen-bond acceptors (Lipinski definition) is 3. The monoisotopic (exact) mass is 425 g/mol. The molecule has 0 heterocycles. The smallest absolute Gasteiger partial charge is 0.239 e. The maximum absolute atomic E-state index is 13.6. The minimum absolute atomic E-state index is 0.0319. The lowest BCUT2D eigenvalue weighted by molar-refractivity contribution is 0.598. The van der Waals surface area contributed by atoms with E-state index >= 15 is 0 Å². The molecule has 0 bridgehead atoms. The quantitative estimate of drug-likeness (QED) is 0.512. The number of benzene rings is 3. The van der Waals surface area contributed by atoms with Crippen molar-refractivity contribution in [3.05, 3.63) is 108 Å². The average molecular weight is 426 g/mol. The van der Waals surface area contributed by atoms with Crippen molar-refractivity contribution in [2.75, 3.05) is 0 Å². The van der Waals surface area contributed by atoms with Gasteiger partial charge in [0.25, 0.3) is 10.0 Å². The Balaban J connectivity index is 1.95. The molecular formula is C23H23NO3S2. The Morgan fingerprint density at radius 3 is 1.97 bits per heavy atom. The molecule has 0 aromatic heterocycles. The molecule has 6 heteroatoms. The maximum atomic E-state index is 13.6. The molecule has 0 aliphatic rings. The van der Waals surface area contributed by atoms with E-state index in [1.165, 1.54) is 17.5 Å². The molecule has 150 valence electrons. The second-order valence-electron chi connectivity index (χ2n) is 6.64. The van der Waals surface area contributed by atoms with Gasteiger partial charge in [0.15, 0.2) is 0 Å². The van der Waals surface area contributed by atoms with Crippen molar-refractivity contribution in [1.29, 1.82) is 0 Å². The van der Waals surface area contributed by atoms with Crippen molar-refractivity contribution in [3.8, 4) is 0 Å². The van der Waals surface area contributed by atoms with Crippen LogP contribution in [0.3, 0.4) is 0 Å². The van der Waals surface area contributed by atoms with Crippen molar-refractivity contribution in [1.82, 2.24) is 0 Å². The largest absolute Gasteiger partial charge is 0.290 e. The minimum Gasteiger partial charge on any atom is -0.239 e. The van der Waals surface area contributed by atoms with Gasteiger partial charge in [0.2, 0.25) is 0 Å². The van der Waals surface area contributed by atoms with E-state index < -0.39 is 19.8 Å². The van der Waals surface area contributed by atoms with E-state index in [4.69, 9.17) is 0 Å². The summed E-state index contributed by atoms with van der Waals surface area (Å²) in [5.41, 5.74) is 2.10. The normalized spacial score (nSPS) is 13.8. The van der Waals surface area contributed by atoms with Gasteiger partial charge < -0.3 is 0 Å². The van der Waals surface area contributed by atoms with E-state index in [9.17, 15) is 12.6 Å². The summed E-state index contributed by atoms with van der Waals surface area (Å²) in [7, 11) is -7.36. The fourth-order valence-electron chi connectivity index (χ4n) is 2.75. The second kappa shape index (κ2) is 9.20. The van der Waals surface area contributed by atoms with Crippen LogP contribution < -0.4 is 0 Å². The maximum Gasteiger partial charge on any atom is 0.290 e. The molecular weight excluding hydrogens is 402 g/mol. The Hall–Kier alpha value is -2.70. The fourth-order valence-corrected chi connectivity index (χ4v) is 6.39. The van der Waals surface area contributed by atoms with E-state index in [0.29, 0.717) is 11.3 Å². The van der Waals surface area contributed by atoms with Crippen LogP contribution in [0.2, 0.25) is 0 Å². The van der Waals surface area contributed by atoms with Gasteiger partial charge in [0.05, 0.1) is 9.79 Å². The number of allylic oxidation sites excluding steroid dienone is 1. The predicted octanol–water partition coefficient (Wildman–Crippen LogP) is 5.36. The van der Waals surface area contributed by atoms with Crippen LogP contribution in [0, 0.1) is 6.92 Å². The van der Waals surface area contributed by atoms with Gasteiger partial charge in [-0.05, 0) is 49.6 Å². The summed E-state index contributed by atoms with van der Waals surface area (Å²) in [5.74, 6) is 0. The summed E-state index contributed by atoms with van der Waals surface area (Å²) in [6.45, 7) is 1.87. The third kappa shape index (κ3) is 5.65. The highest BCUT2D eigenvalue weighted by Crippen LogP contribution is 2.22. The Morgan fingerprint density at radius 2 is 1.34 bits per heavy atom. The molecule has 0 saturated carbocycles. The summed E-state index contributed by atoms with van der Waals surface area (Å²) in [5, 5.41) is 1.43.